The van der Waals surface area contributed by atoms with Gasteiger partial charge in [-0.3, -0.25) is 9.88 Å². The van der Waals surface area contributed by atoms with Crippen molar-refractivity contribution >= 4 is 0 Å². The summed E-state index contributed by atoms with van der Waals surface area (Å²) in [5.41, 5.74) is 3.43. The minimum atomic E-state index is 0.724. The van der Waals surface area contributed by atoms with E-state index in [4.69, 9.17) is 4.42 Å². The molecule has 1 N–H and O–H groups in total. The van der Waals surface area contributed by atoms with Crippen LogP contribution in [0.15, 0.2) is 34.9 Å². The predicted molar refractivity (Wildman–Crippen MR) is 82.7 cm³/mol. The molecule has 1 fully saturated rings. The summed E-state index contributed by atoms with van der Waals surface area (Å²) >= 11 is 0. The van der Waals surface area contributed by atoms with Crippen LogP contribution < -0.4 is 5.32 Å². The highest BCUT2D eigenvalue weighted by molar-refractivity contribution is 5.17. The largest absolute Gasteiger partial charge is 0.468 e. The molecule has 0 atom stereocenters. The maximum absolute atomic E-state index is 5.65. The third-order valence-corrected chi connectivity index (χ3v) is 3.79. The summed E-state index contributed by atoms with van der Waals surface area (Å²) in [6.07, 6.45) is 4.41. The fourth-order valence-electron chi connectivity index (χ4n) is 2.47. The molecule has 2 aromatic heterocycles. The molecule has 0 radical (unpaired) electrons. The first kappa shape index (κ1) is 14.3. The van der Waals surface area contributed by atoms with Gasteiger partial charge in [0.25, 0.3) is 0 Å². The molecule has 1 aliphatic carbocycles. The molecular weight excluding hydrogens is 262 g/mol. The Balaban J connectivity index is 1.56. The lowest BCUT2D eigenvalue weighted by Crippen LogP contribution is -2.20. The van der Waals surface area contributed by atoms with Gasteiger partial charge in [0.1, 0.15) is 5.76 Å². The van der Waals surface area contributed by atoms with Crippen LogP contribution in [-0.2, 0) is 19.6 Å². The molecule has 112 valence electrons. The van der Waals surface area contributed by atoms with Crippen molar-refractivity contribution < 1.29 is 4.42 Å². The van der Waals surface area contributed by atoms with E-state index in [-0.39, 0.29) is 0 Å². The van der Waals surface area contributed by atoms with E-state index in [1.807, 2.05) is 13.0 Å². The lowest BCUT2D eigenvalue weighted by atomic mass is 10.2. The Labute approximate surface area is 126 Å². The Morgan fingerprint density at radius 2 is 2.14 bits per heavy atom. The zero-order valence-electron chi connectivity index (χ0n) is 12.8. The minimum Gasteiger partial charge on any atom is -0.468 e. The van der Waals surface area contributed by atoms with Crippen molar-refractivity contribution in [2.75, 3.05) is 7.05 Å². The lowest BCUT2D eigenvalue weighted by Gasteiger charge is -2.16. The van der Waals surface area contributed by atoms with E-state index in [2.05, 4.69) is 40.4 Å². The second-order valence-electron chi connectivity index (χ2n) is 5.97. The summed E-state index contributed by atoms with van der Waals surface area (Å²) in [5.74, 6) is 1.05. The van der Waals surface area contributed by atoms with Crippen LogP contribution >= 0.6 is 0 Å². The van der Waals surface area contributed by atoms with Crippen LogP contribution in [-0.4, -0.2) is 23.0 Å². The normalized spacial score (nSPS) is 14.8. The lowest BCUT2D eigenvalue weighted by molar-refractivity contribution is 0.282. The topological polar surface area (TPSA) is 41.3 Å². The number of aromatic nitrogens is 1. The molecule has 0 aliphatic heterocycles. The smallest absolute Gasteiger partial charge is 0.122 e. The van der Waals surface area contributed by atoms with E-state index in [0.29, 0.717) is 0 Å². The summed E-state index contributed by atoms with van der Waals surface area (Å²) in [4.78, 5) is 6.79. The molecular formula is C17H23N3O. The second kappa shape index (κ2) is 6.41. The number of rotatable bonds is 7. The van der Waals surface area contributed by atoms with Crippen molar-refractivity contribution in [3.05, 3.63) is 53.2 Å². The Hall–Kier alpha value is -1.65. The number of hydrogen-bond donors (Lipinski definition) is 1. The van der Waals surface area contributed by atoms with Gasteiger partial charge >= 0.3 is 0 Å². The molecule has 1 saturated carbocycles. The van der Waals surface area contributed by atoms with Gasteiger partial charge in [0.15, 0.2) is 0 Å². The summed E-state index contributed by atoms with van der Waals surface area (Å²) < 4.78 is 5.65. The quantitative estimate of drug-likeness (QED) is 0.849. The standard InChI is InChI=1S/C17H23N3O/c1-13-4-3-5-16(19-13)11-20(2)12-17-14(8-9-21-17)10-18-15-6-7-15/h3-5,8-9,15,18H,6-7,10-12H2,1-2H3. The number of nitrogens with one attached hydrogen (secondary N) is 1. The van der Waals surface area contributed by atoms with Gasteiger partial charge in [-0.25, -0.2) is 0 Å². The van der Waals surface area contributed by atoms with Crippen LogP contribution in [0, 0.1) is 6.92 Å². The van der Waals surface area contributed by atoms with Gasteiger partial charge in [0, 0.05) is 30.4 Å². The summed E-state index contributed by atoms with van der Waals surface area (Å²) in [7, 11) is 2.10. The molecule has 4 nitrogen and oxygen atoms in total. The van der Waals surface area contributed by atoms with Crippen molar-refractivity contribution in [1.82, 2.24) is 15.2 Å². The van der Waals surface area contributed by atoms with Crippen LogP contribution in [0.1, 0.15) is 35.6 Å². The van der Waals surface area contributed by atoms with E-state index in [0.717, 1.165) is 42.8 Å². The van der Waals surface area contributed by atoms with Crippen molar-refractivity contribution in [1.29, 1.82) is 0 Å². The van der Waals surface area contributed by atoms with E-state index in [9.17, 15) is 0 Å². The molecule has 0 aromatic carbocycles. The Morgan fingerprint density at radius 3 is 2.90 bits per heavy atom. The molecule has 0 spiro atoms. The van der Waals surface area contributed by atoms with Crippen LogP contribution in [0.4, 0.5) is 0 Å². The molecule has 0 unspecified atom stereocenters. The summed E-state index contributed by atoms with van der Waals surface area (Å²) in [6, 6.07) is 8.95. The van der Waals surface area contributed by atoms with E-state index < -0.39 is 0 Å². The van der Waals surface area contributed by atoms with Crippen molar-refractivity contribution in [3.63, 3.8) is 0 Å². The van der Waals surface area contributed by atoms with Gasteiger partial charge in [-0.1, -0.05) is 6.07 Å². The van der Waals surface area contributed by atoms with E-state index in [1.165, 1.54) is 18.4 Å². The highest BCUT2D eigenvalue weighted by Gasteiger charge is 2.21. The molecule has 2 heterocycles. The van der Waals surface area contributed by atoms with Crippen molar-refractivity contribution in [2.45, 2.75) is 45.4 Å². The number of pyridine rings is 1. The Bertz CT molecular complexity index is 589. The van der Waals surface area contributed by atoms with E-state index in [1.54, 1.807) is 6.26 Å². The van der Waals surface area contributed by atoms with Gasteiger partial charge in [-0.05, 0) is 45.0 Å². The molecule has 21 heavy (non-hydrogen) atoms. The third kappa shape index (κ3) is 4.16. The first-order valence-electron chi connectivity index (χ1n) is 7.60. The average molecular weight is 285 g/mol. The predicted octanol–water partition coefficient (Wildman–Crippen LogP) is 2.87. The van der Waals surface area contributed by atoms with Gasteiger partial charge < -0.3 is 9.73 Å². The monoisotopic (exact) mass is 285 g/mol. The zero-order valence-corrected chi connectivity index (χ0v) is 12.8. The van der Waals surface area contributed by atoms with Crippen molar-refractivity contribution in [2.24, 2.45) is 0 Å². The maximum atomic E-state index is 5.65. The van der Waals surface area contributed by atoms with Crippen molar-refractivity contribution in [3.8, 4) is 0 Å². The first-order chi connectivity index (χ1) is 10.2. The first-order valence-corrected chi connectivity index (χ1v) is 7.60. The van der Waals surface area contributed by atoms with E-state index >= 15 is 0 Å². The third-order valence-electron chi connectivity index (χ3n) is 3.79. The zero-order chi connectivity index (χ0) is 14.7. The Morgan fingerprint density at radius 1 is 1.29 bits per heavy atom. The number of hydrogen-bond acceptors (Lipinski definition) is 4. The SMILES string of the molecule is Cc1cccc(CN(C)Cc2occc2CNC2CC2)n1. The highest BCUT2D eigenvalue weighted by Crippen LogP contribution is 2.21. The molecule has 0 saturated heterocycles. The fraction of sp³-hybridized carbons (Fsp3) is 0.471. The van der Waals surface area contributed by atoms with Gasteiger partial charge in [0.05, 0.1) is 18.5 Å². The molecule has 0 amide bonds. The molecule has 1 aliphatic rings. The number of furan rings is 1. The second-order valence-corrected chi connectivity index (χ2v) is 5.97. The van der Waals surface area contributed by atoms with Gasteiger partial charge in [-0.2, -0.15) is 0 Å². The molecule has 2 aromatic rings. The number of nitrogens with zero attached hydrogens (tertiary/aromatic N) is 2. The highest BCUT2D eigenvalue weighted by atomic mass is 16.3. The van der Waals surface area contributed by atoms with Crippen LogP contribution in [0.25, 0.3) is 0 Å². The summed E-state index contributed by atoms with van der Waals surface area (Å²) in [6.45, 7) is 4.58. The summed E-state index contributed by atoms with van der Waals surface area (Å²) in [5, 5.41) is 3.54. The fourth-order valence-corrected chi connectivity index (χ4v) is 2.47. The van der Waals surface area contributed by atoms with Crippen LogP contribution in [0.2, 0.25) is 0 Å². The Kier molecular flexibility index (Phi) is 4.36. The molecule has 4 heteroatoms. The van der Waals surface area contributed by atoms with Gasteiger partial charge in [-0.15, -0.1) is 0 Å². The minimum absolute atomic E-state index is 0.724. The average Bonchev–Trinajstić information content (AvgIpc) is 3.17. The van der Waals surface area contributed by atoms with Crippen LogP contribution in [0.3, 0.4) is 0 Å². The van der Waals surface area contributed by atoms with Gasteiger partial charge in [0.2, 0.25) is 0 Å². The van der Waals surface area contributed by atoms with Crippen LogP contribution in [0.5, 0.6) is 0 Å². The number of aryl methyl sites for hydroxylation is 1. The molecule has 3 rings (SSSR count). The molecule has 0 bridgehead atoms. The maximum Gasteiger partial charge on any atom is 0.122 e.